The van der Waals surface area contributed by atoms with Crippen LogP contribution in [0, 0.1) is 5.82 Å². The van der Waals surface area contributed by atoms with E-state index in [4.69, 9.17) is 4.52 Å². The van der Waals surface area contributed by atoms with Gasteiger partial charge in [-0.15, -0.1) is 0 Å². The molecule has 0 amide bonds. The molecule has 0 spiro atoms. The maximum atomic E-state index is 12.7. The SMILES string of the molecule is O=CC(Br)c1cc(-c2ccc(F)cc2)no1. The van der Waals surface area contributed by atoms with Crippen LogP contribution in [-0.2, 0) is 4.79 Å². The highest BCUT2D eigenvalue weighted by molar-refractivity contribution is 9.09. The summed E-state index contributed by atoms with van der Waals surface area (Å²) < 4.78 is 17.7. The molecule has 1 atom stereocenters. The quantitative estimate of drug-likeness (QED) is 0.642. The lowest BCUT2D eigenvalue weighted by atomic mass is 10.1. The van der Waals surface area contributed by atoms with Gasteiger partial charge in [0.05, 0.1) is 0 Å². The van der Waals surface area contributed by atoms with Gasteiger partial charge in [-0.3, -0.25) is 0 Å². The summed E-state index contributed by atoms with van der Waals surface area (Å²) in [5.74, 6) is 0.119. The number of hydrogen-bond donors (Lipinski definition) is 0. The van der Waals surface area contributed by atoms with Crippen molar-refractivity contribution in [2.75, 3.05) is 0 Å². The van der Waals surface area contributed by atoms with Crippen molar-refractivity contribution in [1.29, 1.82) is 0 Å². The molecule has 0 saturated carbocycles. The van der Waals surface area contributed by atoms with Gasteiger partial charge < -0.3 is 9.32 Å². The second-order valence-corrected chi connectivity index (χ2v) is 4.15. The van der Waals surface area contributed by atoms with Crippen molar-refractivity contribution in [2.45, 2.75) is 4.83 Å². The van der Waals surface area contributed by atoms with Crippen LogP contribution in [0.25, 0.3) is 11.3 Å². The van der Waals surface area contributed by atoms with Gasteiger partial charge in [0.1, 0.15) is 22.6 Å². The first-order valence-electron chi connectivity index (χ1n) is 4.52. The van der Waals surface area contributed by atoms with Crippen LogP contribution in [-0.4, -0.2) is 11.4 Å². The highest BCUT2D eigenvalue weighted by Crippen LogP contribution is 2.25. The van der Waals surface area contributed by atoms with Crippen molar-refractivity contribution in [1.82, 2.24) is 5.16 Å². The van der Waals surface area contributed by atoms with Gasteiger partial charge in [-0.2, -0.15) is 0 Å². The van der Waals surface area contributed by atoms with Gasteiger partial charge in [0.15, 0.2) is 5.76 Å². The van der Waals surface area contributed by atoms with Crippen LogP contribution in [0.4, 0.5) is 4.39 Å². The predicted octanol–water partition coefficient (Wildman–Crippen LogP) is 3.12. The Hall–Kier alpha value is -1.49. The summed E-state index contributed by atoms with van der Waals surface area (Å²) in [5, 5.41) is 3.80. The zero-order valence-electron chi connectivity index (χ0n) is 8.06. The van der Waals surface area contributed by atoms with Crippen LogP contribution < -0.4 is 0 Å². The molecule has 0 N–H and O–H groups in total. The van der Waals surface area contributed by atoms with Crippen LogP contribution in [0.5, 0.6) is 0 Å². The van der Waals surface area contributed by atoms with Gasteiger partial charge in [-0.25, -0.2) is 4.39 Å². The first kappa shape index (κ1) is 11.0. The molecule has 1 aromatic heterocycles. The minimum atomic E-state index is -0.505. The number of aldehydes is 1. The molecule has 0 radical (unpaired) electrons. The fourth-order valence-electron chi connectivity index (χ4n) is 1.24. The Morgan fingerprint density at radius 3 is 2.69 bits per heavy atom. The minimum absolute atomic E-state index is 0.307. The molecule has 0 aliphatic rings. The Bertz CT molecular complexity index is 495. The summed E-state index contributed by atoms with van der Waals surface area (Å²) in [4.78, 5) is 10.0. The Labute approximate surface area is 99.4 Å². The van der Waals surface area contributed by atoms with E-state index in [0.717, 1.165) is 5.56 Å². The Balaban J connectivity index is 2.31. The third kappa shape index (κ3) is 2.19. The molecular formula is C11H7BrFNO2. The number of rotatable bonds is 3. The molecule has 82 valence electrons. The molecule has 5 heteroatoms. The minimum Gasteiger partial charge on any atom is -0.359 e. The molecule has 1 unspecified atom stereocenters. The smallest absolute Gasteiger partial charge is 0.158 e. The van der Waals surface area contributed by atoms with E-state index >= 15 is 0 Å². The number of carbonyl (C=O) groups is 1. The molecule has 1 heterocycles. The van der Waals surface area contributed by atoms with E-state index in [-0.39, 0.29) is 5.82 Å². The maximum Gasteiger partial charge on any atom is 0.158 e. The van der Waals surface area contributed by atoms with E-state index < -0.39 is 4.83 Å². The summed E-state index contributed by atoms with van der Waals surface area (Å²) in [7, 11) is 0. The molecule has 2 aromatic rings. The summed E-state index contributed by atoms with van der Waals surface area (Å²) in [5.41, 5.74) is 1.31. The summed E-state index contributed by atoms with van der Waals surface area (Å²) in [6.45, 7) is 0. The molecular weight excluding hydrogens is 277 g/mol. The number of alkyl halides is 1. The van der Waals surface area contributed by atoms with E-state index in [1.54, 1.807) is 18.2 Å². The highest BCUT2D eigenvalue weighted by Gasteiger charge is 2.13. The average molecular weight is 284 g/mol. The van der Waals surface area contributed by atoms with Crippen molar-refractivity contribution < 1.29 is 13.7 Å². The molecule has 2 rings (SSSR count). The molecule has 0 bridgehead atoms. The van der Waals surface area contributed by atoms with Crippen LogP contribution in [0.1, 0.15) is 10.6 Å². The number of benzene rings is 1. The summed E-state index contributed by atoms with van der Waals surface area (Å²) in [6.07, 6.45) is 0.703. The highest BCUT2D eigenvalue weighted by atomic mass is 79.9. The Morgan fingerprint density at radius 1 is 1.38 bits per heavy atom. The van der Waals surface area contributed by atoms with E-state index in [1.807, 2.05) is 0 Å². The molecule has 3 nitrogen and oxygen atoms in total. The van der Waals surface area contributed by atoms with Crippen LogP contribution in [0.2, 0.25) is 0 Å². The van der Waals surface area contributed by atoms with Crippen molar-refractivity contribution in [3.05, 3.63) is 41.9 Å². The zero-order valence-corrected chi connectivity index (χ0v) is 9.65. The number of aromatic nitrogens is 1. The van der Waals surface area contributed by atoms with Crippen LogP contribution >= 0.6 is 15.9 Å². The second-order valence-electron chi connectivity index (χ2n) is 3.16. The van der Waals surface area contributed by atoms with Gasteiger partial charge in [-0.1, -0.05) is 21.1 Å². The Morgan fingerprint density at radius 2 is 2.06 bits per heavy atom. The van der Waals surface area contributed by atoms with Crippen LogP contribution in [0.3, 0.4) is 0 Å². The lowest BCUT2D eigenvalue weighted by molar-refractivity contribution is -0.107. The third-order valence-electron chi connectivity index (χ3n) is 2.06. The number of nitrogens with zero attached hydrogens (tertiary/aromatic N) is 1. The fraction of sp³-hybridized carbons (Fsp3) is 0.0909. The van der Waals surface area contributed by atoms with Crippen LogP contribution in [0.15, 0.2) is 34.9 Å². The normalized spacial score (nSPS) is 12.4. The van der Waals surface area contributed by atoms with Gasteiger partial charge in [0, 0.05) is 11.6 Å². The van der Waals surface area contributed by atoms with Gasteiger partial charge in [0.2, 0.25) is 0 Å². The lowest BCUT2D eigenvalue weighted by Crippen LogP contribution is -1.86. The van der Waals surface area contributed by atoms with E-state index in [2.05, 4.69) is 21.1 Å². The van der Waals surface area contributed by atoms with E-state index in [0.29, 0.717) is 17.7 Å². The molecule has 1 aromatic carbocycles. The van der Waals surface area contributed by atoms with Gasteiger partial charge >= 0.3 is 0 Å². The Kier molecular flexibility index (Phi) is 3.14. The van der Waals surface area contributed by atoms with E-state index in [9.17, 15) is 9.18 Å². The molecule has 16 heavy (non-hydrogen) atoms. The van der Waals surface area contributed by atoms with Crippen molar-refractivity contribution in [3.8, 4) is 11.3 Å². The average Bonchev–Trinajstić information content (AvgIpc) is 2.78. The molecule has 0 fully saturated rings. The summed E-state index contributed by atoms with van der Waals surface area (Å²) in [6, 6.07) is 7.52. The lowest BCUT2D eigenvalue weighted by Gasteiger charge is -1.93. The monoisotopic (exact) mass is 283 g/mol. The predicted molar refractivity (Wildman–Crippen MR) is 59.6 cm³/mol. The third-order valence-corrected chi connectivity index (χ3v) is 2.73. The molecule has 0 aliphatic carbocycles. The van der Waals surface area contributed by atoms with Gasteiger partial charge in [0.25, 0.3) is 0 Å². The first-order valence-corrected chi connectivity index (χ1v) is 5.44. The standard InChI is InChI=1S/C11H7BrFNO2/c12-9(6-15)11-5-10(14-16-11)7-1-3-8(13)4-2-7/h1-6,9H. The summed E-state index contributed by atoms with van der Waals surface area (Å²) >= 11 is 3.12. The first-order chi connectivity index (χ1) is 7.70. The molecule has 0 aliphatic heterocycles. The largest absolute Gasteiger partial charge is 0.359 e. The van der Waals surface area contributed by atoms with Crippen molar-refractivity contribution in [3.63, 3.8) is 0 Å². The second kappa shape index (κ2) is 4.57. The van der Waals surface area contributed by atoms with Crippen molar-refractivity contribution >= 4 is 22.2 Å². The van der Waals surface area contributed by atoms with E-state index in [1.165, 1.54) is 12.1 Å². The zero-order chi connectivity index (χ0) is 11.5. The van der Waals surface area contributed by atoms with Crippen molar-refractivity contribution in [2.24, 2.45) is 0 Å². The topological polar surface area (TPSA) is 43.1 Å². The maximum absolute atomic E-state index is 12.7. The fourth-order valence-corrected chi connectivity index (χ4v) is 1.46. The number of carbonyl (C=O) groups excluding carboxylic acids is 1. The molecule has 0 saturated heterocycles. The van der Waals surface area contributed by atoms with Gasteiger partial charge in [-0.05, 0) is 24.3 Å². The number of halogens is 2. The number of hydrogen-bond acceptors (Lipinski definition) is 3.